The van der Waals surface area contributed by atoms with Crippen molar-refractivity contribution in [2.24, 2.45) is 0 Å². The first kappa shape index (κ1) is 11.2. The molecule has 1 aromatic heterocycles. The van der Waals surface area contributed by atoms with Crippen molar-refractivity contribution >= 4 is 0 Å². The van der Waals surface area contributed by atoms with Crippen LogP contribution in [0, 0.1) is 11.3 Å². The number of hydrogen-bond donors (Lipinski definition) is 4. The monoisotopic (exact) mass is 210 g/mol. The number of nitrogens with zero attached hydrogens (tertiary/aromatic N) is 1. The molecule has 0 bridgehead atoms. The van der Waals surface area contributed by atoms with Gasteiger partial charge in [0.2, 0.25) is 0 Å². The number of aromatic amines is 1. The second-order valence-corrected chi connectivity index (χ2v) is 3.02. The number of nitriles is 1. The Kier molecular flexibility index (Phi) is 3.44. The lowest BCUT2D eigenvalue weighted by Crippen LogP contribution is -2.18. The predicted molar refractivity (Wildman–Crippen MR) is 49.9 cm³/mol. The van der Waals surface area contributed by atoms with Crippen LogP contribution in [0.1, 0.15) is 18.1 Å². The molecular formula is C9H10N2O4. The zero-order valence-corrected chi connectivity index (χ0v) is 7.71. The molecule has 0 fully saturated rings. The Morgan fingerprint density at radius 2 is 2.20 bits per heavy atom. The number of rotatable bonds is 3. The van der Waals surface area contributed by atoms with E-state index in [-0.39, 0.29) is 12.0 Å². The van der Waals surface area contributed by atoms with Crippen LogP contribution in [0.2, 0.25) is 0 Å². The standard InChI is InChI=1S/C9H10N2O4/c10-2-1-6(12)8(14)5-3-7(13)9(15)11-4-5/h3-4,6,8,12-14H,1H2,(H,11,15). The summed E-state index contributed by atoms with van der Waals surface area (Å²) in [5, 5.41) is 36.1. The summed E-state index contributed by atoms with van der Waals surface area (Å²) in [5.74, 6) is -0.546. The minimum Gasteiger partial charge on any atom is -0.503 e. The van der Waals surface area contributed by atoms with E-state index in [1.54, 1.807) is 6.07 Å². The first-order valence-electron chi connectivity index (χ1n) is 4.21. The number of aliphatic hydroxyl groups is 2. The van der Waals surface area contributed by atoms with Crippen LogP contribution in [-0.4, -0.2) is 26.4 Å². The van der Waals surface area contributed by atoms with E-state index in [9.17, 15) is 15.0 Å². The predicted octanol–water partition coefficient (Wildman–Crippen LogP) is -0.612. The van der Waals surface area contributed by atoms with Crippen LogP contribution in [0.3, 0.4) is 0 Å². The Morgan fingerprint density at radius 3 is 2.73 bits per heavy atom. The first-order valence-corrected chi connectivity index (χ1v) is 4.21. The Balaban J connectivity index is 2.92. The normalized spacial score (nSPS) is 14.2. The van der Waals surface area contributed by atoms with Crippen LogP contribution in [0.15, 0.2) is 17.1 Å². The van der Waals surface area contributed by atoms with Gasteiger partial charge in [-0.25, -0.2) is 0 Å². The van der Waals surface area contributed by atoms with E-state index in [1.165, 1.54) is 6.20 Å². The van der Waals surface area contributed by atoms with Gasteiger partial charge in [-0.05, 0) is 6.07 Å². The average molecular weight is 210 g/mol. The van der Waals surface area contributed by atoms with E-state index < -0.39 is 23.5 Å². The van der Waals surface area contributed by atoms with E-state index in [0.29, 0.717) is 0 Å². The number of hydrogen-bond acceptors (Lipinski definition) is 5. The van der Waals surface area contributed by atoms with Crippen LogP contribution < -0.4 is 5.56 Å². The average Bonchev–Trinajstić information content (AvgIpc) is 2.21. The molecule has 2 unspecified atom stereocenters. The van der Waals surface area contributed by atoms with Crippen molar-refractivity contribution in [2.45, 2.75) is 18.6 Å². The molecule has 1 rings (SSSR count). The number of aromatic nitrogens is 1. The van der Waals surface area contributed by atoms with Crippen molar-refractivity contribution in [1.29, 1.82) is 5.26 Å². The summed E-state index contributed by atoms with van der Waals surface area (Å²) >= 11 is 0. The number of pyridine rings is 1. The van der Waals surface area contributed by atoms with Gasteiger partial charge in [0.1, 0.15) is 6.10 Å². The van der Waals surface area contributed by atoms with Crippen molar-refractivity contribution < 1.29 is 15.3 Å². The van der Waals surface area contributed by atoms with E-state index in [2.05, 4.69) is 4.98 Å². The zero-order valence-electron chi connectivity index (χ0n) is 7.71. The van der Waals surface area contributed by atoms with E-state index in [1.807, 2.05) is 0 Å². The molecule has 0 saturated heterocycles. The number of aliphatic hydroxyl groups excluding tert-OH is 2. The van der Waals surface area contributed by atoms with Gasteiger partial charge in [-0.1, -0.05) is 0 Å². The summed E-state index contributed by atoms with van der Waals surface area (Å²) in [5.41, 5.74) is -0.532. The molecule has 80 valence electrons. The third-order valence-electron chi connectivity index (χ3n) is 1.91. The third kappa shape index (κ3) is 2.56. The van der Waals surface area contributed by atoms with Gasteiger partial charge in [0, 0.05) is 11.8 Å². The SMILES string of the molecule is N#CCC(O)C(O)c1c[nH]c(=O)c(O)c1. The summed E-state index contributed by atoms with van der Waals surface area (Å²) in [6.07, 6.45) is -1.62. The van der Waals surface area contributed by atoms with Crippen LogP contribution >= 0.6 is 0 Å². The van der Waals surface area contributed by atoms with E-state index in [0.717, 1.165) is 6.07 Å². The number of H-pyrrole nitrogens is 1. The van der Waals surface area contributed by atoms with Crippen molar-refractivity contribution in [3.05, 3.63) is 28.2 Å². The van der Waals surface area contributed by atoms with E-state index in [4.69, 9.17) is 10.4 Å². The maximum atomic E-state index is 10.8. The molecular weight excluding hydrogens is 200 g/mol. The lowest BCUT2D eigenvalue weighted by molar-refractivity contribution is 0.0213. The third-order valence-corrected chi connectivity index (χ3v) is 1.91. The highest BCUT2D eigenvalue weighted by atomic mass is 16.3. The van der Waals surface area contributed by atoms with Crippen LogP contribution in [0.4, 0.5) is 0 Å². The second kappa shape index (κ2) is 4.59. The molecule has 0 amide bonds. The van der Waals surface area contributed by atoms with Gasteiger partial charge in [-0.3, -0.25) is 4.79 Å². The molecule has 0 aromatic carbocycles. The topological polar surface area (TPSA) is 117 Å². The van der Waals surface area contributed by atoms with Crippen molar-refractivity contribution in [2.75, 3.05) is 0 Å². The Hall–Kier alpha value is -1.84. The summed E-state index contributed by atoms with van der Waals surface area (Å²) in [6.45, 7) is 0. The molecule has 2 atom stereocenters. The Bertz CT molecular complexity index is 434. The molecule has 1 heterocycles. The lowest BCUT2D eigenvalue weighted by Gasteiger charge is -2.14. The molecule has 4 N–H and O–H groups in total. The highest BCUT2D eigenvalue weighted by Gasteiger charge is 2.18. The van der Waals surface area contributed by atoms with Crippen LogP contribution in [-0.2, 0) is 0 Å². The molecule has 6 heteroatoms. The van der Waals surface area contributed by atoms with Crippen molar-refractivity contribution in [3.8, 4) is 11.8 Å². The zero-order chi connectivity index (χ0) is 11.4. The fraction of sp³-hybridized carbons (Fsp3) is 0.333. The smallest absolute Gasteiger partial charge is 0.290 e. The molecule has 0 saturated carbocycles. The van der Waals surface area contributed by atoms with Crippen molar-refractivity contribution in [3.63, 3.8) is 0 Å². The maximum Gasteiger partial charge on any atom is 0.290 e. The Labute approximate surface area is 85.0 Å². The quantitative estimate of drug-likeness (QED) is 0.530. The summed E-state index contributed by atoms with van der Waals surface area (Å²) < 4.78 is 0. The van der Waals surface area contributed by atoms with Crippen molar-refractivity contribution in [1.82, 2.24) is 4.98 Å². The van der Waals surface area contributed by atoms with Crippen LogP contribution in [0.5, 0.6) is 5.75 Å². The lowest BCUT2D eigenvalue weighted by atomic mass is 10.0. The molecule has 0 aliphatic heterocycles. The molecule has 0 aliphatic rings. The molecule has 1 aromatic rings. The summed E-state index contributed by atoms with van der Waals surface area (Å²) in [4.78, 5) is 13.0. The Morgan fingerprint density at radius 1 is 1.53 bits per heavy atom. The highest BCUT2D eigenvalue weighted by Crippen LogP contribution is 2.19. The molecule has 6 nitrogen and oxygen atoms in total. The maximum absolute atomic E-state index is 10.8. The first-order chi connectivity index (χ1) is 7.06. The summed E-state index contributed by atoms with van der Waals surface area (Å²) in [6, 6.07) is 2.75. The molecule has 0 radical (unpaired) electrons. The van der Waals surface area contributed by atoms with Crippen LogP contribution in [0.25, 0.3) is 0 Å². The molecule has 15 heavy (non-hydrogen) atoms. The van der Waals surface area contributed by atoms with Gasteiger partial charge in [-0.2, -0.15) is 5.26 Å². The highest BCUT2D eigenvalue weighted by molar-refractivity contribution is 5.24. The second-order valence-electron chi connectivity index (χ2n) is 3.02. The van der Waals surface area contributed by atoms with Gasteiger partial charge in [0.25, 0.3) is 5.56 Å². The fourth-order valence-electron chi connectivity index (χ4n) is 1.09. The number of aromatic hydroxyl groups is 1. The summed E-state index contributed by atoms with van der Waals surface area (Å²) in [7, 11) is 0. The van der Waals surface area contributed by atoms with Gasteiger partial charge in [0.15, 0.2) is 5.75 Å². The fourth-order valence-corrected chi connectivity index (χ4v) is 1.09. The molecule has 0 aliphatic carbocycles. The minimum atomic E-state index is -1.31. The van der Waals surface area contributed by atoms with Gasteiger partial charge in [-0.15, -0.1) is 0 Å². The van der Waals surface area contributed by atoms with Gasteiger partial charge >= 0.3 is 0 Å². The largest absolute Gasteiger partial charge is 0.503 e. The van der Waals surface area contributed by atoms with Gasteiger partial charge in [0.05, 0.1) is 18.6 Å². The minimum absolute atomic E-state index is 0.148. The van der Waals surface area contributed by atoms with E-state index >= 15 is 0 Å². The molecule has 0 spiro atoms. The number of nitrogens with one attached hydrogen (secondary N) is 1. The van der Waals surface area contributed by atoms with Gasteiger partial charge < -0.3 is 20.3 Å².